The van der Waals surface area contributed by atoms with Crippen LogP contribution in [-0.4, -0.2) is 38.9 Å². The summed E-state index contributed by atoms with van der Waals surface area (Å²) in [6.07, 6.45) is 0. The minimum absolute atomic E-state index is 0.0411. The van der Waals surface area contributed by atoms with Crippen molar-refractivity contribution in [2.75, 3.05) is 12.4 Å². The summed E-state index contributed by atoms with van der Waals surface area (Å²) in [7, 11) is 1.43. The number of rotatable bonds is 2. The van der Waals surface area contributed by atoms with Gasteiger partial charge in [-0.05, 0) is 29.8 Å². The molecule has 3 rings (SSSR count). The van der Waals surface area contributed by atoms with E-state index in [0.29, 0.717) is 16.8 Å². The number of fused-ring (bicyclic) bond motifs is 1. The number of halogens is 2. The predicted octanol–water partition coefficient (Wildman–Crippen LogP) is 2.15. The maximum atomic E-state index is 11.9. The van der Waals surface area contributed by atoms with Crippen LogP contribution in [0.2, 0.25) is 10.4 Å². The maximum absolute atomic E-state index is 11.9. The number of imide groups is 1. The molecule has 2 heterocycles. The highest BCUT2D eigenvalue weighted by molar-refractivity contribution is 6.32. The van der Waals surface area contributed by atoms with Crippen LogP contribution < -0.4 is 5.32 Å². The third-order valence-corrected chi connectivity index (χ3v) is 3.39. The molecule has 0 radical (unpaired) electrons. The van der Waals surface area contributed by atoms with Gasteiger partial charge in [0.1, 0.15) is 0 Å². The summed E-state index contributed by atoms with van der Waals surface area (Å²) in [6, 6.07) is 4.74. The van der Waals surface area contributed by atoms with Crippen LogP contribution in [0.25, 0.3) is 0 Å². The first-order chi connectivity index (χ1) is 9.97. The summed E-state index contributed by atoms with van der Waals surface area (Å²) < 4.78 is 0. The molecule has 0 fully saturated rings. The number of anilines is 2. The minimum Gasteiger partial charge on any atom is -0.337 e. The highest BCUT2D eigenvalue weighted by Crippen LogP contribution is 2.27. The van der Waals surface area contributed by atoms with Gasteiger partial charge in [0.2, 0.25) is 5.28 Å². The Morgan fingerprint density at radius 3 is 2.57 bits per heavy atom. The van der Waals surface area contributed by atoms with E-state index < -0.39 is 0 Å². The zero-order chi connectivity index (χ0) is 15.1. The Balaban J connectivity index is 1.97. The Morgan fingerprint density at radius 2 is 1.81 bits per heavy atom. The number of nitrogens with one attached hydrogen (secondary N) is 1. The summed E-state index contributed by atoms with van der Waals surface area (Å²) >= 11 is 11.5. The van der Waals surface area contributed by atoms with Gasteiger partial charge in [-0.15, -0.1) is 10.2 Å². The SMILES string of the molecule is CN1C(=O)c2ccc(Nc3nc(Cl)nnc3Cl)cc2C1=O. The van der Waals surface area contributed by atoms with Crippen molar-refractivity contribution in [3.8, 4) is 0 Å². The smallest absolute Gasteiger partial charge is 0.261 e. The quantitative estimate of drug-likeness (QED) is 0.852. The molecule has 0 atom stereocenters. The fourth-order valence-electron chi connectivity index (χ4n) is 1.95. The number of carbonyl (C=O) groups excluding carboxylic acids is 2. The first kappa shape index (κ1) is 13.7. The van der Waals surface area contributed by atoms with Crippen LogP contribution in [0.4, 0.5) is 11.5 Å². The highest BCUT2D eigenvalue weighted by atomic mass is 35.5. The van der Waals surface area contributed by atoms with Crippen molar-refractivity contribution >= 4 is 46.5 Å². The van der Waals surface area contributed by atoms with Gasteiger partial charge in [0, 0.05) is 12.7 Å². The maximum Gasteiger partial charge on any atom is 0.261 e. The van der Waals surface area contributed by atoms with Crippen LogP contribution in [0.15, 0.2) is 18.2 Å². The third kappa shape index (κ3) is 2.30. The Morgan fingerprint density at radius 1 is 1.10 bits per heavy atom. The molecule has 2 amide bonds. The molecule has 0 saturated heterocycles. The molecular weight excluding hydrogens is 317 g/mol. The number of benzene rings is 1. The predicted molar refractivity (Wildman–Crippen MR) is 76.0 cm³/mol. The second-order valence-electron chi connectivity index (χ2n) is 4.27. The molecule has 106 valence electrons. The van der Waals surface area contributed by atoms with Crippen molar-refractivity contribution in [1.82, 2.24) is 20.1 Å². The number of hydrogen-bond acceptors (Lipinski definition) is 6. The van der Waals surface area contributed by atoms with Gasteiger partial charge in [-0.2, -0.15) is 4.98 Å². The van der Waals surface area contributed by atoms with E-state index in [-0.39, 0.29) is 28.1 Å². The summed E-state index contributed by atoms with van der Waals surface area (Å²) in [5.74, 6) is -0.475. The summed E-state index contributed by atoms with van der Waals surface area (Å²) in [6.45, 7) is 0. The zero-order valence-electron chi connectivity index (χ0n) is 10.6. The van der Waals surface area contributed by atoms with Crippen molar-refractivity contribution in [2.24, 2.45) is 0 Å². The Kier molecular flexibility index (Phi) is 3.23. The van der Waals surface area contributed by atoms with E-state index in [1.807, 2.05) is 0 Å². The van der Waals surface area contributed by atoms with Crippen molar-refractivity contribution in [2.45, 2.75) is 0 Å². The van der Waals surface area contributed by atoms with E-state index >= 15 is 0 Å². The van der Waals surface area contributed by atoms with Gasteiger partial charge in [0.15, 0.2) is 11.0 Å². The average Bonchev–Trinajstić information content (AvgIpc) is 2.68. The van der Waals surface area contributed by atoms with Crippen molar-refractivity contribution in [1.29, 1.82) is 0 Å². The fourth-order valence-corrected chi connectivity index (χ4v) is 2.20. The van der Waals surface area contributed by atoms with Crippen molar-refractivity contribution < 1.29 is 9.59 Å². The Bertz CT molecular complexity index is 780. The standard InChI is InChI=1S/C12H7Cl2N5O2/c1-19-10(20)6-3-2-5(4-7(6)11(19)21)15-9-8(13)17-18-12(14)16-9/h2-4H,1H3,(H,15,16,18). The summed E-state index contributed by atoms with van der Waals surface area (Å²) in [5, 5.41) is 9.97. The Labute approximate surface area is 128 Å². The molecule has 1 aliphatic rings. The largest absolute Gasteiger partial charge is 0.337 e. The zero-order valence-corrected chi connectivity index (χ0v) is 12.1. The number of amides is 2. The molecule has 0 unspecified atom stereocenters. The molecule has 0 bridgehead atoms. The topological polar surface area (TPSA) is 88.1 Å². The molecule has 1 aromatic heterocycles. The molecule has 1 aromatic carbocycles. The molecule has 1 aliphatic heterocycles. The minimum atomic E-state index is -0.358. The number of hydrogen-bond donors (Lipinski definition) is 1. The van der Waals surface area contributed by atoms with E-state index in [4.69, 9.17) is 23.2 Å². The van der Waals surface area contributed by atoms with Crippen molar-refractivity contribution in [3.05, 3.63) is 39.8 Å². The molecule has 0 aliphatic carbocycles. The molecule has 1 N–H and O–H groups in total. The second kappa shape index (κ2) is 4.94. The fraction of sp³-hybridized carbons (Fsp3) is 0.0833. The van der Waals surface area contributed by atoms with Crippen molar-refractivity contribution in [3.63, 3.8) is 0 Å². The van der Waals surface area contributed by atoms with E-state index in [2.05, 4.69) is 20.5 Å². The molecule has 9 heteroatoms. The lowest BCUT2D eigenvalue weighted by atomic mass is 10.1. The molecule has 21 heavy (non-hydrogen) atoms. The van der Waals surface area contributed by atoms with E-state index in [0.717, 1.165) is 4.90 Å². The number of nitrogens with zero attached hydrogens (tertiary/aromatic N) is 4. The highest BCUT2D eigenvalue weighted by Gasteiger charge is 2.32. The van der Waals surface area contributed by atoms with E-state index in [1.54, 1.807) is 18.2 Å². The first-order valence-electron chi connectivity index (χ1n) is 5.76. The van der Waals surface area contributed by atoms with Gasteiger partial charge in [-0.25, -0.2) is 0 Å². The normalized spacial score (nSPS) is 13.6. The number of carbonyl (C=O) groups is 2. The van der Waals surface area contributed by atoms with Crippen LogP contribution in [0, 0.1) is 0 Å². The van der Waals surface area contributed by atoms with Gasteiger partial charge < -0.3 is 5.32 Å². The van der Waals surface area contributed by atoms with Gasteiger partial charge in [-0.3, -0.25) is 14.5 Å². The molecular formula is C12H7Cl2N5O2. The summed E-state index contributed by atoms with van der Waals surface area (Å²) in [5.41, 5.74) is 1.21. The average molecular weight is 324 g/mol. The van der Waals surface area contributed by atoms with E-state index in [1.165, 1.54) is 7.05 Å². The lowest BCUT2D eigenvalue weighted by molar-refractivity contribution is 0.0693. The number of aromatic nitrogens is 3. The third-order valence-electron chi connectivity index (χ3n) is 2.97. The summed E-state index contributed by atoms with van der Waals surface area (Å²) in [4.78, 5) is 28.7. The lowest BCUT2D eigenvalue weighted by Crippen LogP contribution is -2.24. The van der Waals surface area contributed by atoms with Crippen LogP contribution in [0.1, 0.15) is 20.7 Å². The molecule has 0 saturated carbocycles. The van der Waals surface area contributed by atoms with Crippen LogP contribution in [0.3, 0.4) is 0 Å². The Hall–Kier alpha value is -2.25. The lowest BCUT2D eigenvalue weighted by Gasteiger charge is -2.07. The molecule has 0 spiro atoms. The van der Waals surface area contributed by atoms with Gasteiger partial charge >= 0.3 is 0 Å². The van der Waals surface area contributed by atoms with Gasteiger partial charge in [-0.1, -0.05) is 11.6 Å². The van der Waals surface area contributed by atoms with E-state index in [9.17, 15) is 9.59 Å². The first-order valence-corrected chi connectivity index (χ1v) is 6.52. The monoisotopic (exact) mass is 323 g/mol. The second-order valence-corrected chi connectivity index (χ2v) is 4.97. The van der Waals surface area contributed by atoms with Crippen LogP contribution >= 0.6 is 23.2 Å². The molecule has 2 aromatic rings. The molecule has 7 nitrogen and oxygen atoms in total. The van der Waals surface area contributed by atoms with Gasteiger partial charge in [0.25, 0.3) is 11.8 Å². The van der Waals surface area contributed by atoms with Crippen LogP contribution in [0.5, 0.6) is 0 Å². The van der Waals surface area contributed by atoms with Gasteiger partial charge in [0.05, 0.1) is 11.1 Å². The van der Waals surface area contributed by atoms with Crippen LogP contribution in [-0.2, 0) is 0 Å².